The Balaban J connectivity index is 2.55. The van der Waals surface area contributed by atoms with E-state index < -0.39 is 53.2 Å². The zero-order chi connectivity index (χ0) is 23.6. The Morgan fingerprint density at radius 2 is 1.84 bits per heavy atom. The monoisotopic (exact) mass is 450 g/mol. The first kappa shape index (κ1) is 24.3. The largest absolute Gasteiger partial charge is 0.429 e. The Morgan fingerprint density at radius 1 is 1.19 bits per heavy atom. The molecule has 0 saturated heterocycles. The fraction of sp³-hybridized carbons (Fsp3) is 0.350. The van der Waals surface area contributed by atoms with Gasteiger partial charge >= 0.3 is 6.18 Å². The van der Waals surface area contributed by atoms with Gasteiger partial charge in [0.2, 0.25) is 0 Å². The van der Waals surface area contributed by atoms with E-state index in [0.717, 1.165) is 12.1 Å². The SMILES string of the molecule is CCc1cc(C(F)(C(F)CF)C(F)(F)F)cc(C)c1NC(=O)c1cccc(N=O)c1F. The highest BCUT2D eigenvalue weighted by Crippen LogP contribution is 2.48. The molecule has 4 nitrogen and oxygen atoms in total. The third kappa shape index (κ3) is 4.40. The van der Waals surface area contributed by atoms with E-state index in [-0.39, 0.29) is 23.2 Å². The van der Waals surface area contributed by atoms with Crippen LogP contribution in [0.2, 0.25) is 0 Å². The van der Waals surface area contributed by atoms with E-state index in [0.29, 0.717) is 12.1 Å². The summed E-state index contributed by atoms with van der Waals surface area (Å²) in [7, 11) is 0. The standard InChI is InChI=1S/C20H17F7N2O2/c1-3-11-8-12(19(24,15(22)9-21)20(25,26)27)7-10(2)17(11)28-18(30)13-5-4-6-14(29-31)16(13)23/h4-8,15H,3,9H2,1-2H3,(H,28,30). The van der Waals surface area contributed by atoms with Crippen molar-refractivity contribution in [1.82, 2.24) is 0 Å². The summed E-state index contributed by atoms with van der Waals surface area (Å²) in [6.45, 7) is 0.494. The van der Waals surface area contributed by atoms with Gasteiger partial charge in [0.05, 0.1) is 5.56 Å². The summed E-state index contributed by atoms with van der Waals surface area (Å²) in [4.78, 5) is 23.1. The zero-order valence-corrected chi connectivity index (χ0v) is 16.3. The van der Waals surface area contributed by atoms with Crippen LogP contribution < -0.4 is 5.32 Å². The topological polar surface area (TPSA) is 58.5 Å². The van der Waals surface area contributed by atoms with Crippen LogP contribution in [0.25, 0.3) is 0 Å². The molecule has 2 atom stereocenters. The van der Waals surface area contributed by atoms with Crippen LogP contribution in [0.3, 0.4) is 0 Å². The minimum Gasteiger partial charge on any atom is -0.321 e. The zero-order valence-electron chi connectivity index (χ0n) is 16.3. The van der Waals surface area contributed by atoms with E-state index >= 15 is 0 Å². The number of amides is 1. The van der Waals surface area contributed by atoms with Gasteiger partial charge in [-0.2, -0.15) is 13.2 Å². The average molecular weight is 450 g/mol. The van der Waals surface area contributed by atoms with E-state index in [9.17, 15) is 40.4 Å². The van der Waals surface area contributed by atoms with Gasteiger partial charge in [0.1, 0.15) is 12.4 Å². The number of hydrogen-bond donors (Lipinski definition) is 1. The second-order valence-electron chi connectivity index (χ2n) is 6.70. The van der Waals surface area contributed by atoms with Gasteiger partial charge in [0.25, 0.3) is 11.6 Å². The van der Waals surface area contributed by atoms with Gasteiger partial charge in [-0.05, 0) is 41.8 Å². The lowest BCUT2D eigenvalue weighted by Crippen LogP contribution is -2.47. The van der Waals surface area contributed by atoms with Crippen LogP contribution in [0.1, 0.15) is 34.0 Å². The number of rotatable bonds is 7. The van der Waals surface area contributed by atoms with Gasteiger partial charge in [-0.15, -0.1) is 4.91 Å². The van der Waals surface area contributed by atoms with Gasteiger partial charge in [0.15, 0.2) is 12.0 Å². The number of anilines is 1. The molecule has 0 aliphatic carbocycles. The lowest BCUT2D eigenvalue weighted by atomic mass is 9.87. The summed E-state index contributed by atoms with van der Waals surface area (Å²) >= 11 is 0. The molecule has 0 aliphatic heterocycles. The number of benzene rings is 2. The van der Waals surface area contributed by atoms with Crippen LogP contribution in [-0.4, -0.2) is 24.9 Å². The van der Waals surface area contributed by atoms with Gasteiger partial charge in [-0.25, -0.2) is 17.6 Å². The molecule has 0 fully saturated rings. The Labute approximate surface area is 172 Å². The lowest BCUT2D eigenvalue weighted by Gasteiger charge is -2.31. The maximum absolute atomic E-state index is 14.8. The van der Waals surface area contributed by atoms with E-state index in [2.05, 4.69) is 10.5 Å². The molecule has 2 rings (SSSR count). The first-order valence-corrected chi connectivity index (χ1v) is 8.95. The molecule has 0 aliphatic rings. The normalized spacial score (nSPS) is 14.6. The molecule has 2 unspecified atom stereocenters. The molecule has 0 aromatic heterocycles. The number of aryl methyl sites for hydroxylation is 2. The van der Waals surface area contributed by atoms with Crippen molar-refractivity contribution >= 4 is 17.3 Å². The molecule has 0 bridgehead atoms. The van der Waals surface area contributed by atoms with Crippen LogP contribution in [0, 0.1) is 17.6 Å². The first-order valence-electron chi connectivity index (χ1n) is 8.95. The third-order valence-electron chi connectivity index (χ3n) is 4.76. The minimum absolute atomic E-state index is 0.0224. The second-order valence-corrected chi connectivity index (χ2v) is 6.70. The third-order valence-corrected chi connectivity index (χ3v) is 4.76. The van der Waals surface area contributed by atoms with Crippen molar-refractivity contribution in [3.05, 3.63) is 63.3 Å². The van der Waals surface area contributed by atoms with Gasteiger partial charge in [-0.3, -0.25) is 4.79 Å². The maximum atomic E-state index is 14.8. The molecule has 0 spiro atoms. The predicted molar refractivity (Wildman–Crippen MR) is 100 cm³/mol. The summed E-state index contributed by atoms with van der Waals surface area (Å²) in [6.07, 6.45) is -9.26. The molecular formula is C20H17F7N2O2. The fourth-order valence-corrected chi connectivity index (χ4v) is 3.10. The average Bonchev–Trinajstić information content (AvgIpc) is 2.72. The summed E-state index contributed by atoms with van der Waals surface area (Å²) in [5.74, 6) is -2.24. The number of halogens is 7. The van der Waals surface area contributed by atoms with Crippen molar-refractivity contribution in [3.63, 3.8) is 0 Å². The Kier molecular flexibility index (Phi) is 7.07. The molecule has 31 heavy (non-hydrogen) atoms. The molecule has 2 aromatic rings. The molecule has 0 radical (unpaired) electrons. The molecule has 11 heteroatoms. The molecule has 2 aromatic carbocycles. The van der Waals surface area contributed by atoms with E-state index in [1.165, 1.54) is 19.9 Å². The Morgan fingerprint density at radius 3 is 2.35 bits per heavy atom. The van der Waals surface area contributed by atoms with Crippen molar-refractivity contribution in [2.75, 3.05) is 12.0 Å². The highest BCUT2D eigenvalue weighted by atomic mass is 19.4. The Hall–Kier alpha value is -2.98. The minimum atomic E-state index is -5.74. The quantitative estimate of drug-likeness (QED) is 0.393. The van der Waals surface area contributed by atoms with Crippen molar-refractivity contribution in [1.29, 1.82) is 0 Å². The molecule has 1 N–H and O–H groups in total. The number of hydrogen-bond acceptors (Lipinski definition) is 3. The number of nitrogens with zero attached hydrogens (tertiary/aromatic N) is 1. The lowest BCUT2D eigenvalue weighted by molar-refractivity contribution is -0.257. The highest BCUT2D eigenvalue weighted by molar-refractivity contribution is 6.05. The van der Waals surface area contributed by atoms with Gasteiger partial charge in [-0.1, -0.05) is 25.1 Å². The second kappa shape index (κ2) is 9.03. The number of nitroso groups, excluding NO2 is 1. The van der Waals surface area contributed by atoms with Crippen LogP contribution in [0.15, 0.2) is 35.5 Å². The summed E-state index contributed by atoms with van der Waals surface area (Å²) < 4.78 is 95.4. The van der Waals surface area contributed by atoms with Crippen LogP contribution in [-0.2, 0) is 12.1 Å². The molecular weight excluding hydrogens is 433 g/mol. The van der Waals surface area contributed by atoms with Crippen molar-refractivity contribution in [3.8, 4) is 0 Å². The van der Waals surface area contributed by atoms with E-state index in [4.69, 9.17) is 0 Å². The molecule has 1 amide bonds. The number of carbonyl (C=O) groups is 1. The van der Waals surface area contributed by atoms with Gasteiger partial charge in [0, 0.05) is 11.3 Å². The maximum Gasteiger partial charge on any atom is 0.429 e. The highest BCUT2D eigenvalue weighted by Gasteiger charge is 2.63. The summed E-state index contributed by atoms with van der Waals surface area (Å²) in [6, 6.07) is 4.61. The van der Waals surface area contributed by atoms with Crippen molar-refractivity contribution in [2.45, 2.75) is 38.3 Å². The van der Waals surface area contributed by atoms with Crippen LogP contribution in [0.5, 0.6) is 0 Å². The first-order chi connectivity index (χ1) is 14.4. The van der Waals surface area contributed by atoms with Crippen LogP contribution >= 0.6 is 0 Å². The number of carbonyl (C=O) groups excluding carboxylic acids is 1. The summed E-state index contributed by atoms with van der Waals surface area (Å²) in [5.41, 5.74) is -7.11. The summed E-state index contributed by atoms with van der Waals surface area (Å²) in [5, 5.41) is 4.74. The predicted octanol–water partition coefficient (Wildman–Crippen LogP) is 6.38. The smallest absolute Gasteiger partial charge is 0.321 e. The van der Waals surface area contributed by atoms with Crippen molar-refractivity contribution in [2.24, 2.45) is 5.18 Å². The number of nitrogens with one attached hydrogen (secondary N) is 1. The van der Waals surface area contributed by atoms with Crippen molar-refractivity contribution < 1.29 is 35.5 Å². The van der Waals surface area contributed by atoms with Gasteiger partial charge < -0.3 is 5.32 Å². The van der Waals surface area contributed by atoms with E-state index in [1.807, 2.05) is 0 Å². The van der Waals surface area contributed by atoms with E-state index in [1.54, 1.807) is 0 Å². The molecule has 0 saturated carbocycles. The molecule has 168 valence electrons. The molecule has 0 heterocycles. The Bertz CT molecular complexity index is 994. The fourth-order valence-electron chi connectivity index (χ4n) is 3.10. The van der Waals surface area contributed by atoms with Crippen LogP contribution in [0.4, 0.5) is 42.1 Å². The number of alkyl halides is 6.